The molecule has 1 unspecified atom stereocenters. The summed E-state index contributed by atoms with van der Waals surface area (Å²) in [6.07, 6.45) is 3.77. The topological polar surface area (TPSA) is 70.4 Å². The highest BCUT2D eigenvalue weighted by molar-refractivity contribution is 5.89. The van der Waals surface area contributed by atoms with Crippen molar-refractivity contribution in [2.75, 3.05) is 18.4 Å². The standard InChI is InChI=1S/C17H19F3N4O2/c1-23-7-4-21-16(23)15(25)10-2-5-24(6-3-10)17(26)22-11-8-12(18)14(20)13(19)9-11/h4,7-10,15,25H,2-3,5-6H2,1H3,(H,22,26). The van der Waals surface area contributed by atoms with E-state index in [9.17, 15) is 23.1 Å². The molecule has 2 amide bonds. The van der Waals surface area contributed by atoms with Gasteiger partial charge in [0.05, 0.1) is 0 Å². The molecule has 1 aromatic carbocycles. The number of aliphatic hydroxyl groups excluding tert-OH is 1. The lowest BCUT2D eigenvalue weighted by atomic mass is 9.91. The number of nitrogens with zero attached hydrogens (tertiary/aromatic N) is 3. The number of hydrogen-bond donors (Lipinski definition) is 2. The molecule has 0 radical (unpaired) electrons. The number of urea groups is 1. The highest BCUT2D eigenvalue weighted by atomic mass is 19.2. The van der Waals surface area contributed by atoms with Crippen LogP contribution in [-0.4, -0.2) is 38.7 Å². The van der Waals surface area contributed by atoms with Crippen LogP contribution in [-0.2, 0) is 7.05 Å². The summed E-state index contributed by atoms with van der Waals surface area (Å²) in [5.74, 6) is -3.77. The number of aromatic nitrogens is 2. The molecule has 3 rings (SSSR count). The number of imidazole rings is 1. The number of anilines is 1. The molecule has 6 nitrogen and oxygen atoms in total. The Morgan fingerprint density at radius 3 is 2.42 bits per heavy atom. The van der Waals surface area contributed by atoms with Gasteiger partial charge in [0.15, 0.2) is 17.5 Å². The van der Waals surface area contributed by atoms with Crippen LogP contribution in [0.2, 0.25) is 0 Å². The number of rotatable bonds is 3. The number of benzene rings is 1. The van der Waals surface area contributed by atoms with E-state index in [4.69, 9.17) is 0 Å². The molecule has 2 aromatic rings. The van der Waals surface area contributed by atoms with Gasteiger partial charge >= 0.3 is 6.03 Å². The van der Waals surface area contributed by atoms with Crippen LogP contribution in [0.25, 0.3) is 0 Å². The first-order valence-electron chi connectivity index (χ1n) is 8.22. The van der Waals surface area contributed by atoms with Gasteiger partial charge < -0.3 is 19.9 Å². The maximum atomic E-state index is 13.2. The van der Waals surface area contributed by atoms with Crippen LogP contribution in [0, 0.1) is 23.4 Å². The van der Waals surface area contributed by atoms with Gasteiger partial charge in [-0.25, -0.2) is 22.9 Å². The molecule has 1 aliphatic heterocycles. The Hall–Kier alpha value is -2.55. The monoisotopic (exact) mass is 368 g/mol. The molecule has 1 aromatic heterocycles. The fraction of sp³-hybridized carbons (Fsp3) is 0.412. The highest BCUT2D eigenvalue weighted by Gasteiger charge is 2.30. The van der Waals surface area contributed by atoms with E-state index < -0.39 is 29.6 Å². The minimum atomic E-state index is -1.58. The van der Waals surface area contributed by atoms with Crippen molar-refractivity contribution in [2.24, 2.45) is 13.0 Å². The molecular weight excluding hydrogens is 349 g/mol. The molecule has 26 heavy (non-hydrogen) atoms. The molecule has 2 N–H and O–H groups in total. The summed E-state index contributed by atoms with van der Waals surface area (Å²) in [7, 11) is 1.80. The van der Waals surface area contributed by atoms with Crippen LogP contribution >= 0.6 is 0 Å². The van der Waals surface area contributed by atoms with E-state index in [-0.39, 0.29) is 11.6 Å². The molecule has 1 fully saturated rings. The molecule has 0 saturated carbocycles. The van der Waals surface area contributed by atoms with Crippen molar-refractivity contribution in [3.8, 4) is 0 Å². The van der Waals surface area contributed by atoms with Gasteiger partial charge in [0.1, 0.15) is 11.9 Å². The predicted octanol–water partition coefficient (Wildman–Crippen LogP) is 2.81. The van der Waals surface area contributed by atoms with Gasteiger partial charge in [-0.2, -0.15) is 0 Å². The largest absolute Gasteiger partial charge is 0.385 e. The van der Waals surface area contributed by atoms with Crippen molar-refractivity contribution in [2.45, 2.75) is 18.9 Å². The summed E-state index contributed by atoms with van der Waals surface area (Å²) in [6.45, 7) is 0.758. The number of amides is 2. The molecule has 0 aliphatic carbocycles. The first-order chi connectivity index (χ1) is 12.4. The van der Waals surface area contributed by atoms with E-state index in [0.717, 1.165) is 12.1 Å². The lowest BCUT2D eigenvalue weighted by Gasteiger charge is -2.34. The molecule has 1 saturated heterocycles. The second kappa shape index (κ2) is 7.36. The van der Waals surface area contributed by atoms with Crippen molar-refractivity contribution < 1.29 is 23.1 Å². The number of hydrogen-bond acceptors (Lipinski definition) is 3. The molecule has 140 valence electrons. The van der Waals surface area contributed by atoms with Gasteiger partial charge in [-0.1, -0.05) is 0 Å². The summed E-state index contributed by atoms with van der Waals surface area (Å²) in [5.41, 5.74) is -0.151. The Balaban J connectivity index is 1.58. The van der Waals surface area contributed by atoms with Crippen molar-refractivity contribution in [3.05, 3.63) is 47.8 Å². The van der Waals surface area contributed by atoms with Crippen LogP contribution in [0.15, 0.2) is 24.5 Å². The summed E-state index contributed by atoms with van der Waals surface area (Å²) < 4.78 is 41.2. The quantitative estimate of drug-likeness (QED) is 0.819. The zero-order valence-corrected chi connectivity index (χ0v) is 14.1. The average Bonchev–Trinajstić information content (AvgIpc) is 3.05. The van der Waals surface area contributed by atoms with Gasteiger partial charge in [-0.15, -0.1) is 0 Å². The van der Waals surface area contributed by atoms with Crippen molar-refractivity contribution in [3.63, 3.8) is 0 Å². The minimum Gasteiger partial charge on any atom is -0.385 e. The molecule has 9 heteroatoms. The Bertz CT molecular complexity index is 780. The maximum absolute atomic E-state index is 13.2. The normalized spacial score (nSPS) is 16.6. The van der Waals surface area contributed by atoms with Crippen LogP contribution in [0.3, 0.4) is 0 Å². The number of carbonyl (C=O) groups is 1. The van der Waals surface area contributed by atoms with Gasteiger partial charge in [-0.05, 0) is 18.8 Å². The second-order valence-corrected chi connectivity index (χ2v) is 6.35. The third-order valence-corrected chi connectivity index (χ3v) is 4.63. The summed E-state index contributed by atoms with van der Waals surface area (Å²) in [6, 6.07) is 0.933. The molecule has 0 bridgehead atoms. The van der Waals surface area contributed by atoms with E-state index in [1.807, 2.05) is 0 Å². The summed E-state index contributed by atoms with van der Waals surface area (Å²) in [5, 5.41) is 12.8. The van der Waals surface area contributed by atoms with E-state index >= 15 is 0 Å². The number of likely N-dealkylation sites (tertiary alicyclic amines) is 1. The average molecular weight is 368 g/mol. The van der Waals surface area contributed by atoms with Gasteiger partial charge in [0.25, 0.3) is 0 Å². The first-order valence-corrected chi connectivity index (χ1v) is 8.22. The summed E-state index contributed by atoms with van der Waals surface area (Å²) >= 11 is 0. The number of halogens is 3. The van der Waals surface area contributed by atoms with Crippen LogP contribution in [0.5, 0.6) is 0 Å². The number of piperidine rings is 1. The SMILES string of the molecule is Cn1ccnc1C(O)C1CCN(C(=O)Nc2cc(F)c(F)c(F)c2)CC1. The number of nitrogens with one attached hydrogen (secondary N) is 1. The first kappa shape index (κ1) is 18.2. The minimum absolute atomic E-state index is 0.0409. The molecular formula is C17H19F3N4O2. The zero-order valence-electron chi connectivity index (χ0n) is 14.1. The van der Waals surface area contributed by atoms with E-state index in [1.165, 1.54) is 4.90 Å². The van der Waals surface area contributed by atoms with Gasteiger partial charge in [-0.3, -0.25) is 0 Å². The van der Waals surface area contributed by atoms with Crippen LogP contribution < -0.4 is 5.32 Å². The summed E-state index contributed by atoms with van der Waals surface area (Å²) in [4.78, 5) is 17.9. The van der Waals surface area contributed by atoms with Crippen molar-refractivity contribution in [1.29, 1.82) is 0 Å². The Kier molecular flexibility index (Phi) is 5.17. The fourth-order valence-electron chi connectivity index (χ4n) is 3.12. The molecule has 1 atom stereocenters. The lowest BCUT2D eigenvalue weighted by molar-refractivity contribution is 0.0600. The van der Waals surface area contributed by atoms with Crippen molar-refractivity contribution in [1.82, 2.24) is 14.5 Å². The number of aryl methyl sites for hydroxylation is 1. The Labute approximate surface area is 148 Å². The third-order valence-electron chi connectivity index (χ3n) is 4.63. The van der Waals surface area contributed by atoms with Gasteiger partial charge in [0, 0.05) is 50.4 Å². The smallest absolute Gasteiger partial charge is 0.321 e. The maximum Gasteiger partial charge on any atom is 0.321 e. The third kappa shape index (κ3) is 3.67. The van der Waals surface area contributed by atoms with Crippen molar-refractivity contribution >= 4 is 11.7 Å². The molecule has 0 spiro atoms. The van der Waals surface area contributed by atoms with E-state index in [1.54, 1.807) is 24.0 Å². The lowest BCUT2D eigenvalue weighted by Crippen LogP contribution is -2.42. The molecule has 2 heterocycles. The number of aliphatic hydroxyl groups is 1. The predicted molar refractivity (Wildman–Crippen MR) is 87.8 cm³/mol. The molecule has 1 aliphatic rings. The fourth-order valence-corrected chi connectivity index (χ4v) is 3.12. The van der Waals surface area contributed by atoms with E-state index in [2.05, 4.69) is 10.3 Å². The van der Waals surface area contributed by atoms with Crippen LogP contribution in [0.4, 0.5) is 23.7 Å². The van der Waals surface area contributed by atoms with Crippen LogP contribution in [0.1, 0.15) is 24.8 Å². The second-order valence-electron chi connectivity index (χ2n) is 6.35. The van der Waals surface area contributed by atoms with Gasteiger partial charge in [0.2, 0.25) is 0 Å². The Morgan fingerprint density at radius 1 is 1.27 bits per heavy atom. The Morgan fingerprint density at radius 2 is 1.88 bits per heavy atom. The number of carbonyl (C=O) groups excluding carboxylic acids is 1. The zero-order chi connectivity index (χ0) is 18.8. The van der Waals surface area contributed by atoms with E-state index in [0.29, 0.717) is 31.8 Å². The highest BCUT2D eigenvalue weighted by Crippen LogP contribution is 2.30.